The Morgan fingerprint density at radius 1 is 1.07 bits per heavy atom. The van der Waals surface area contributed by atoms with Crippen LogP contribution in [0, 0.1) is 11.6 Å². The fourth-order valence-electron chi connectivity index (χ4n) is 3.57. The molecule has 0 spiro atoms. The molecule has 0 fully saturated rings. The molecule has 0 aliphatic heterocycles. The van der Waals surface area contributed by atoms with Crippen LogP contribution in [0.4, 0.5) is 22.4 Å². The van der Waals surface area contributed by atoms with E-state index in [9.17, 15) is 31.9 Å². The number of ether oxygens (including phenoxy) is 2. The molecular formula is C26H27F4N5O6. The van der Waals surface area contributed by atoms with Crippen LogP contribution in [-0.2, 0) is 11.3 Å². The Labute approximate surface area is 231 Å². The predicted molar refractivity (Wildman–Crippen MR) is 136 cm³/mol. The first-order valence-corrected chi connectivity index (χ1v) is 12.2. The van der Waals surface area contributed by atoms with Gasteiger partial charge in [-0.25, -0.2) is 18.6 Å². The molecule has 6 N–H and O–H groups in total. The standard InChI is InChI=1S/C26H27F4N5O6/c1-13(31)22-21(23(37)33-12-15-5-7-16(27)11-17(15)28)35-24(41-22)14-6-8-18(40-25(29)30)19(10-14)39-9-3-2-4-20(36)34-26(32)38/h5-8,10-11,13,25H,2-4,9,12,31H2,1H3,(H,33,37)(H3,32,34,36,38)/t13-/m0/s1. The highest BCUT2D eigenvalue weighted by atomic mass is 19.3. The number of aromatic nitrogens is 1. The average Bonchev–Trinajstić information content (AvgIpc) is 3.34. The van der Waals surface area contributed by atoms with Gasteiger partial charge in [0.15, 0.2) is 23.0 Å². The van der Waals surface area contributed by atoms with Gasteiger partial charge in [0.2, 0.25) is 11.8 Å². The minimum absolute atomic E-state index is 0.00157. The highest BCUT2D eigenvalue weighted by molar-refractivity contribution is 5.94. The Morgan fingerprint density at radius 3 is 2.49 bits per heavy atom. The molecule has 15 heteroatoms. The SMILES string of the molecule is C[C@H](N)c1oc(-c2ccc(OC(F)F)c(OCCCCC(=O)NC(N)=O)c2)nc1C(=O)NCc1ccc(F)cc1F. The van der Waals surface area contributed by atoms with Gasteiger partial charge in [0.1, 0.15) is 11.6 Å². The summed E-state index contributed by atoms with van der Waals surface area (Å²) < 4.78 is 68.8. The number of urea groups is 1. The van der Waals surface area contributed by atoms with Gasteiger partial charge in [-0.15, -0.1) is 0 Å². The van der Waals surface area contributed by atoms with E-state index in [0.717, 1.165) is 6.07 Å². The summed E-state index contributed by atoms with van der Waals surface area (Å²) in [5, 5.41) is 4.40. The van der Waals surface area contributed by atoms with Crippen molar-refractivity contribution in [3.63, 3.8) is 0 Å². The van der Waals surface area contributed by atoms with E-state index in [0.29, 0.717) is 18.9 Å². The summed E-state index contributed by atoms with van der Waals surface area (Å²) in [7, 11) is 0. The van der Waals surface area contributed by atoms with Crippen LogP contribution in [0.25, 0.3) is 11.5 Å². The zero-order valence-corrected chi connectivity index (χ0v) is 21.7. The van der Waals surface area contributed by atoms with E-state index < -0.39 is 42.1 Å². The molecule has 0 bridgehead atoms. The Morgan fingerprint density at radius 2 is 1.83 bits per heavy atom. The van der Waals surface area contributed by atoms with E-state index in [1.165, 1.54) is 24.3 Å². The summed E-state index contributed by atoms with van der Waals surface area (Å²) in [5.41, 5.74) is 10.9. The topological polar surface area (TPSA) is 172 Å². The third kappa shape index (κ3) is 8.93. The number of carbonyl (C=O) groups is 3. The second kappa shape index (κ2) is 14.1. The number of halogens is 4. The molecular weight excluding hydrogens is 554 g/mol. The normalized spacial score (nSPS) is 11.7. The fraction of sp³-hybridized carbons (Fsp3) is 0.308. The molecule has 4 amide bonds. The van der Waals surface area contributed by atoms with E-state index in [2.05, 4.69) is 15.0 Å². The minimum Gasteiger partial charge on any atom is -0.490 e. The molecule has 2 aromatic carbocycles. The van der Waals surface area contributed by atoms with Crippen LogP contribution < -0.4 is 31.6 Å². The molecule has 3 rings (SSSR count). The van der Waals surface area contributed by atoms with Crippen LogP contribution >= 0.6 is 0 Å². The van der Waals surface area contributed by atoms with Crippen LogP contribution in [0.3, 0.4) is 0 Å². The van der Waals surface area contributed by atoms with Crippen molar-refractivity contribution in [3.05, 3.63) is 65.1 Å². The number of amides is 4. The number of oxazole rings is 1. The van der Waals surface area contributed by atoms with Crippen molar-refractivity contribution in [2.75, 3.05) is 6.61 Å². The minimum atomic E-state index is -3.15. The fourth-order valence-corrected chi connectivity index (χ4v) is 3.57. The van der Waals surface area contributed by atoms with Gasteiger partial charge in [0, 0.05) is 30.2 Å². The van der Waals surface area contributed by atoms with Crippen molar-refractivity contribution in [3.8, 4) is 23.0 Å². The summed E-state index contributed by atoms with van der Waals surface area (Å²) in [6.45, 7) is -1.88. The van der Waals surface area contributed by atoms with Crippen molar-refractivity contribution in [1.29, 1.82) is 0 Å². The second-order valence-corrected chi connectivity index (χ2v) is 8.70. The number of nitrogens with two attached hydrogens (primary N) is 2. The maximum Gasteiger partial charge on any atom is 0.387 e. The number of unbranched alkanes of at least 4 members (excludes halogenated alkanes) is 1. The molecule has 0 unspecified atom stereocenters. The van der Waals surface area contributed by atoms with E-state index in [4.69, 9.17) is 20.6 Å². The van der Waals surface area contributed by atoms with Crippen LogP contribution in [0.5, 0.6) is 11.5 Å². The number of nitrogens with zero attached hydrogens (tertiary/aromatic N) is 1. The Hall–Kier alpha value is -4.66. The third-order valence-corrected chi connectivity index (χ3v) is 5.46. The number of nitrogens with one attached hydrogen (secondary N) is 2. The lowest BCUT2D eigenvalue weighted by Crippen LogP contribution is -2.34. The van der Waals surface area contributed by atoms with Gasteiger partial charge < -0.3 is 30.7 Å². The van der Waals surface area contributed by atoms with Crippen molar-refractivity contribution < 1.29 is 45.8 Å². The lowest BCUT2D eigenvalue weighted by atomic mass is 10.2. The van der Waals surface area contributed by atoms with Gasteiger partial charge in [-0.1, -0.05) is 6.07 Å². The van der Waals surface area contributed by atoms with Gasteiger partial charge in [-0.05, 0) is 44.0 Å². The molecule has 11 nitrogen and oxygen atoms in total. The Kier molecular flexibility index (Phi) is 10.6. The van der Waals surface area contributed by atoms with Gasteiger partial charge in [0.05, 0.1) is 12.6 Å². The molecule has 3 aromatic rings. The zero-order chi connectivity index (χ0) is 30.1. The largest absolute Gasteiger partial charge is 0.490 e. The highest BCUT2D eigenvalue weighted by Crippen LogP contribution is 2.35. The van der Waals surface area contributed by atoms with Crippen molar-refractivity contribution >= 4 is 17.8 Å². The first-order chi connectivity index (χ1) is 19.4. The number of carbonyl (C=O) groups excluding carboxylic acids is 3. The van der Waals surface area contributed by atoms with Crippen LogP contribution in [0.15, 0.2) is 40.8 Å². The second-order valence-electron chi connectivity index (χ2n) is 8.70. The van der Waals surface area contributed by atoms with Gasteiger partial charge >= 0.3 is 12.6 Å². The predicted octanol–water partition coefficient (Wildman–Crippen LogP) is 3.91. The number of alkyl halides is 2. The van der Waals surface area contributed by atoms with Gasteiger partial charge in [-0.2, -0.15) is 8.78 Å². The highest BCUT2D eigenvalue weighted by Gasteiger charge is 2.24. The smallest absolute Gasteiger partial charge is 0.387 e. The van der Waals surface area contributed by atoms with Crippen molar-refractivity contribution in [2.24, 2.45) is 11.5 Å². The number of imide groups is 1. The van der Waals surface area contributed by atoms with E-state index >= 15 is 0 Å². The first-order valence-electron chi connectivity index (χ1n) is 12.2. The summed E-state index contributed by atoms with van der Waals surface area (Å²) in [5.74, 6) is -3.39. The number of primary amides is 1. The quantitative estimate of drug-likeness (QED) is 0.174. The van der Waals surface area contributed by atoms with Crippen molar-refractivity contribution in [1.82, 2.24) is 15.6 Å². The number of hydrogen-bond donors (Lipinski definition) is 4. The summed E-state index contributed by atoms with van der Waals surface area (Å²) in [6.07, 6.45) is 0.612. The first kappa shape index (κ1) is 30.9. The Balaban J connectivity index is 1.77. The molecule has 1 heterocycles. The van der Waals surface area contributed by atoms with Crippen molar-refractivity contribution in [2.45, 2.75) is 45.4 Å². The average molecular weight is 582 g/mol. The van der Waals surface area contributed by atoms with Crippen LogP contribution in [-0.4, -0.2) is 36.0 Å². The zero-order valence-electron chi connectivity index (χ0n) is 21.7. The van der Waals surface area contributed by atoms with Crippen LogP contribution in [0.1, 0.15) is 54.0 Å². The molecule has 0 saturated carbocycles. The maximum absolute atomic E-state index is 13.9. The van der Waals surface area contributed by atoms with E-state index in [1.807, 2.05) is 5.32 Å². The molecule has 0 aliphatic carbocycles. The molecule has 1 aromatic heterocycles. The summed E-state index contributed by atoms with van der Waals surface area (Å²) >= 11 is 0. The number of rotatable bonds is 13. The van der Waals surface area contributed by atoms with E-state index in [1.54, 1.807) is 6.92 Å². The molecule has 41 heavy (non-hydrogen) atoms. The lowest BCUT2D eigenvalue weighted by molar-refractivity contribution is -0.120. The molecule has 0 saturated heterocycles. The summed E-state index contributed by atoms with van der Waals surface area (Å²) in [4.78, 5) is 39.2. The molecule has 220 valence electrons. The van der Waals surface area contributed by atoms with Crippen LogP contribution in [0.2, 0.25) is 0 Å². The number of benzene rings is 2. The van der Waals surface area contributed by atoms with E-state index in [-0.39, 0.29) is 59.5 Å². The van der Waals surface area contributed by atoms with Gasteiger partial charge in [-0.3, -0.25) is 14.9 Å². The third-order valence-electron chi connectivity index (χ3n) is 5.46. The van der Waals surface area contributed by atoms with Gasteiger partial charge in [0.25, 0.3) is 5.91 Å². The Bertz CT molecular complexity index is 1400. The maximum atomic E-state index is 13.9. The lowest BCUT2D eigenvalue weighted by Gasteiger charge is -2.13. The summed E-state index contributed by atoms with van der Waals surface area (Å²) in [6, 6.07) is 5.02. The number of hydrogen-bond acceptors (Lipinski definition) is 8. The molecule has 1 atom stereocenters. The monoisotopic (exact) mass is 581 g/mol. The molecule has 0 radical (unpaired) electrons. The molecule has 0 aliphatic rings.